The van der Waals surface area contributed by atoms with Crippen LogP contribution in [-0.2, 0) is 13.2 Å². The fraction of sp³-hybridized carbons (Fsp3) is 0.261. The van der Waals surface area contributed by atoms with Crippen LogP contribution in [0.1, 0.15) is 21.9 Å². The van der Waals surface area contributed by atoms with Gasteiger partial charge in [0, 0.05) is 43.3 Å². The summed E-state index contributed by atoms with van der Waals surface area (Å²) in [6, 6.07) is 14.5. The van der Waals surface area contributed by atoms with Gasteiger partial charge in [-0.15, -0.1) is 0 Å². The number of hydrogen-bond acceptors (Lipinski definition) is 4. The second-order valence-corrected chi connectivity index (χ2v) is 7.73. The number of ether oxygens (including phenoxy) is 1. The summed E-state index contributed by atoms with van der Waals surface area (Å²) in [5, 5.41) is 0.624. The molecular formula is C23H21ClF2N2O3. The first kappa shape index (κ1) is 21.3. The zero-order valence-electron chi connectivity index (χ0n) is 16.7. The van der Waals surface area contributed by atoms with Crippen molar-refractivity contribution in [2.45, 2.75) is 13.2 Å². The van der Waals surface area contributed by atoms with Gasteiger partial charge in [-0.05, 0) is 42.5 Å². The number of furan rings is 1. The number of nitrogens with zero attached hydrogens (tertiary/aromatic N) is 2. The quantitative estimate of drug-likeness (QED) is 0.548. The average molecular weight is 447 g/mol. The summed E-state index contributed by atoms with van der Waals surface area (Å²) in [6.07, 6.45) is 0. The second-order valence-electron chi connectivity index (χ2n) is 7.29. The molecule has 3 aromatic rings. The van der Waals surface area contributed by atoms with Crippen molar-refractivity contribution in [2.75, 3.05) is 26.2 Å². The number of carbonyl (C=O) groups is 1. The Hall–Kier alpha value is -2.90. The van der Waals surface area contributed by atoms with Gasteiger partial charge in [-0.25, -0.2) is 8.78 Å². The number of halogens is 3. The van der Waals surface area contributed by atoms with Crippen molar-refractivity contribution in [3.05, 3.63) is 88.3 Å². The van der Waals surface area contributed by atoms with E-state index in [1.54, 1.807) is 47.4 Å². The number of carbonyl (C=O) groups excluding carboxylic acids is 1. The molecule has 0 atom stereocenters. The van der Waals surface area contributed by atoms with E-state index in [2.05, 4.69) is 0 Å². The zero-order chi connectivity index (χ0) is 21.8. The molecule has 1 amide bonds. The molecule has 8 heteroatoms. The number of amides is 1. The van der Waals surface area contributed by atoms with Gasteiger partial charge in [0.15, 0.2) is 17.4 Å². The molecule has 0 bridgehead atoms. The van der Waals surface area contributed by atoms with Crippen LogP contribution in [-0.4, -0.2) is 41.9 Å². The summed E-state index contributed by atoms with van der Waals surface area (Å²) >= 11 is 5.85. The van der Waals surface area contributed by atoms with Crippen molar-refractivity contribution in [3.8, 4) is 5.75 Å². The van der Waals surface area contributed by atoms with Crippen molar-refractivity contribution in [1.29, 1.82) is 0 Å². The van der Waals surface area contributed by atoms with Crippen molar-refractivity contribution >= 4 is 17.5 Å². The topological polar surface area (TPSA) is 45.9 Å². The SMILES string of the molecule is O=C(c1ccc(COc2ccc(Cl)cc2)o1)N1CCN(Cc2cccc(F)c2F)CC1. The van der Waals surface area contributed by atoms with Gasteiger partial charge in [-0.3, -0.25) is 9.69 Å². The van der Waals surface area contributed by atoms with Gasteiger partial charge in [0.2, 0.25) is 0 Å². The highest BCUT2D eigenvalue weighted by molar-refractivity contribution is 6.30. The van der Waals surface area contributed by atoms with Crippen LogP contribution in [0.15, 0.2) is 59.0 Å². The van der Waals surface area contributed by atoms with E-state index in [4.69, 9.17) is 20.8 Å². The molecule has 2 heterocycles. The molecule has 0 N–H and O–H groups in total. The van der Waals surface area contributed by atoms with Crippen LogP contribution in [0.3, 0.4) is 0 Å². The van der Waals surface area contributed by atoms with Crippen molar-refractivity contribution < 1.29 is 22.7 Å². The maximum absolute atomic E-state index is 13.9. The molecule has 0 aliphatic carbocycles. The molecule has 4 rings (SSSR count). The summed E-state index contributed by atoms with van der Waals surface area (Å²) < 4.78 is 38.5. The predicted molar refractivity (Wildman–Crippen MR) is 112 cm³/mol. The number of benzene rings is 2. The lowest BCUT2D eigenvalue weighted by Gasteiger charge is -2.34. The average Bonchev–Trinajstić information content (AvgIpc) is 3.26. The van der Waals surface area contributed by atoms with E-state index >= 15 is 0 Å². The highest BCUT2D eigenvalue weighted by Gasteiger charge is 2.25. The van der Waals surface area contributed by atoms with Gasteiger partial charge >= 0.3 is 0 Å². The monoisotopic (exact) mass is 446 g/mol. The Morgan fingerprint density at radius 2 is 1.74 bits per heavy atom. The third-order valence-electron chi connectivity index (χ3n) is 5.15. The third kappa shape index (κ3) is 5.24. The predicted octanol–water partition coefficient (Wildman–Crippen LogP) is 4.75. The van der Waals surface area contributed by atoms with Gasteiger partial charge in [0.25, 0.3) is 5.91 Å². The molecule has 162 valence electrons. The molecule has 0 spiro atoms. The van der Waals surface area contributed by atoms with Gasteiger partial charge in [-0.1, -0.05) is 23.7 Å². The maximum atomic E-state index is 13.9. The lowest BCUT2D eigenvalue weighted by atomic mass is 10.1. The molecular weight excluding hydrogens is 426 g/mol. The van der Waals surface area contributed by atoms with Crippen molar-refractivity contribution in [3.63, 3.8) is 0 Å². The normalized spacial score (nSPS) is 14.6. The van der Waals surface area contributed by atoms with E-state index < -0.39 is 11.6 Å². The van der Waals surface area contributed by atoms with E-state index in [1.807, 2.05) is 4.90 Å². The highest BCUT2D eigenvalue weighted by Crippen LogP contribution is 2.19. The van der Waals surface area contributed by atoms with Crippen LogP contribution in [0, 0.1) is 11.6 Å². The Labute approximate surface area is 183 Å². The van der Waals surface area contributed by atoms with Gasteiger partial charge in [0.1, 0.15) is 18.1 Å². The maximum Gasteiger partial charge on any atom is 0.289 e. The zero-order valence-corrected chi connectivity index (χ0v) is 17.4. The van der Waals surface area contributed by atoms with Crippen LogP contribution >= 0.6 is 11.6 Å². The molecule has 0 unspecified atom stereocenters. The largest absolute Gasteiger partial charge is 0.486 e. The van der Waals surface area contributed by atoms with Crippen LogP contribution in [0.4, 0.5) is 8.78 Å². The Bertz CT molecular complexity index is 1050. The van der Waals surface area contributed by atoms with E-state index in [0.717, 1.165) is 6.07 Å². The Morgan fingerprint density at radius 1 is 1.00 bits per heavy atom. The van der Waals surface area contributed by atoms with E-state index in [0.29, 0.717) is 54.8 Å². The fourth-order valence-electron chi connectivity index (χ4n) is 3.43. The minimum Gasteiger partial charge on any atom is -0.486 e. The molecule has 1 aromatic heterocycles. The van der Waals surface area contributed by atoms with Gasteiger partial charge in [0.05, 0.1) is 0 Å². The lowest BCUT2D eigenvalue weighted by Crippen LogP contribution is -2.48. The molecule has 0 saturated carbocycles. The summed E-state index contributed by atoms with van der Waals surface area (Å²) in [5.41, 5.74) is 0.316. The Kier molecular flexibility index (Phi) is 6.53. The van der Waals surface area contributed by atoms with Gasteiger partial charge < -0.3 is 14.1 Å². The van der Waals surface area contributed by atoms with Gasteiger partial charge in [-0.2, -0.15) is 0 Å². The standard InChI is InChI=1S/C23H21ClF2N2O3/c24-17-4-6-18(7-5-17)30-15-19-8-9-21(31-19)23(29)28-12-10-27(11-13-28)14-16-2-1-3-20(25)22(16)26/h1-9H,10-15H2. The minimum absolute atomic E-state index is 0.196. The fourth-order valence-corrected chi connectivity index (χ4v) is 3.56. The summed E-state index contributed by atoms with van der Waals surface area (Å²) in [6.45, 7) is 2.59. The first-order valence-corrected chi connectivity index (χ1v) is 10.3. The molecule has 1 aliphatic rings. The molecule has 1 saturated heterocycles. The van der Waals surface area contributed by atoms with Crippen LogP contribution in [0.2, 0.25) is 5.02 Å². The molecule has 31 heavy (non-hydrogen) atoms. The van der Waals surface area contributed by atoms with Crippen LogP contribution in [0.5, 0.6) is 5.75 Å². The Balaban J connectivity index is 1.28. The summed E-state index contributed by atoms with van der Waals surface area (Å²) in [5.74, 6) is -0.420. The highest BCUT2D eigenvalue weighted by atomic mass is 35.5. The number of hydrogen-bond donors (Lipinski definition) is 0. The van der Waals surface area contributed by atoms with Crippen molar-refractivity contribution in [2.24, 2.45) is 0 Å². The van der Waals surface area contributed by atoms with E-state index in [-0.39, 0.29) is 18.3 Å². The molecule has 1 aliphatic heterocycles. The number of rotatable bonds is 6. The Morgan fingerprint density at radius 3 is 2.48 bits per heavy atom. The molecule has 5 nitrogen and oxygen atoms in total. The molecule has 2 aromatic carbocycles. The van der Waals surface area contributed by atoms with E-state index in [1.165, 1.54) is 6.07 Å². The number of piperazine rings is 1. The summed E-state index contributed by atoms with van der Waals surface area (Å²) in [7, 11) is 0. The van der Waals surface area contributed by atoms with Crippen LogP contribution in [0.25, 0.3) is 0 Å². The molecule has 0 radical (unpaired) electrons. The minimum atomic E-state index is -0.847. The van der Waals surface area contributed by atoms with Crippen molar-refractivity contribution in [1.82, 2.24) is 9.80 Å². The smallest absolute Gasteiger partial charge is 0.289 e. The second kappa shape index (κ2) is 9.49. The molecule has 1 fully saturated rings. The first-order chi connectivity index (χ1) is 15.0. The van der Waals surface area contributed by atoms with E-state index in [9.17, 15) is 13.6 Å². The lowest BCUT2D eigenvalue weighted by molar-refractivity contribution is 0.0592. The summed E-state index contributed by atoms with van der Waals surface area (Å²) in [4.78, 5) is 16.4. The third-order valence-corrected chi connectivity index (χ3v) is 5.40. The van der Waals surface area contributed by atoms with Crippen LogP contribution < -0.4 is 4.74 Å². The first-order valence-electron chi connectivity index (χ1n) is 9.91.